The monoisotopic (exact) mass is 288 g/mol. The molecule has 2 aromatic rings. The second kappa shape index (κ2) is 7.22. The van der Waals surface area contributed by atoms with Crippen LogP contribution in [0.3, 0.4) is 0 Å². The van der Waals surface area contributed by atoms with Crippen molar-refractivity contribution in [2.45, 2.75) is 32.4 Å². The molecule has 4 heteroatoms. The first kappa shape index (κ1) is 14.8. The van der Waals surface area contributed by atoms with E-state index in [1.54, 1.807) is 11.3 Å². The van der Waals surface area contributed by atoms with Crippen molar-refractivity contribution < 1.29 is 4.79 Å². The van der Waals surface area contributed by atoms with Crippen LogP contribution >= 0.6 is 11.3 Å². The van der Waals surface area contributed by atoms with Gasteiger partial charge >= 0.3 is 0 Å². The van der Waals surface area contributed by atoms with Gasteiger partial charge in [0.2, 0.25) is 5.91 Å². The van der Waals surface area contributed by atoms with Gasteiger partial charge in [0.15, 0.2) is 0 Å². The van der Waals surface area contributed by atoms with E-state index in [1.807, 2.05) is 35.7 Å². The van der Waals surface area contributed by atoms with E-state index in [2.05, 4.69) is 18.3 Å². The van der Waals surface area contributed by atoms with Gasteiger partial charge in [-0.15, -0.1) is 11.3 Å². The first-order valence-electron chi connectivity index (χ1n) is 6.77. The third-order valence-electron chi connectivity index (χ3n) is 3.32. The van der Waals surface area contributed by atoms with Gasteiger partial charge in [0.25, 0.3) is 0 Å². The van der Waals surface area contributed by atoms with Crippen LogP contribution in [0.1, 0.15) is 34.9 Å². The van der Waals surface area contributed by atoms with Crippen LogP contribution in [-0.2, 0) is 11.3 Å². The summed E-state index contributed by atoms with van der Waals surface area (Å²) in [5.74, 6) is 0.0594. The number of rotatable bonds is 6. The molecule has 106 valence electrons. The molecule has 1 amide bonds. The van der Waals surface area contributed by atoms with E-state index in [9.17, 15) is 4.79 Å². The molecule has 3 N–H and O–H groups in total. The van der Waals surface area contributed by atoms with Crippen LogP contribution in [0.4, 0.5) is 0 Å². The molecule has 1 atom stereocenters. The molecule has 0 saturated carbocycles. The van der Waals surface area contributed by atoms with E-state index in [0.29, 0.717) is 19.4 Å². The highest BCUT2D eigenvalue weighted by molar-refractivity contribution is 7.10. The lowest BCUT2D eigenvalue weighted by Gasteiger charge is -2.11. The molecule has 2 rings (SSSR count). The molecule has 0 spiro atoms. The van der Waals surface area contributed by atoms with Gasteiger partial charge in [-0.3, -0.25) is 4.79 Å². The molecule has 0 radical (unpaired) electrons. The minimum absolute atomic E-state index is 0.0594. The molecule has 0 aliphatic carbocycles. The Bertz CT molecular complexity index is 551. The highest BCUT2D eigenvalue weighted by Crippen LogP contribution is 2.16. The Kier molecular flexibility index (Phi) is 5.32. The van der Waals surface area contributed by atoms with Gasteiger partial charge in [0.1, 0.15) is 0 Å². The Hall–Kier alpha value is -1.65. The van der Waals surface area contributed by atoms with Crippen LogP contribution in [0.25, 0.3) is 0 Å². The van der Waals surface area contributed by atoms with Crippen molar-refractivity contribution in [3.05, 3.63) is 57.8 Å². The van der Waals surface area contributed by atoms with Crippen LogP contribution in [0.15, 0.2) is 41.8 Å². The average Bonchev–Trinajstić information content (AvgIpc) is 2.89. The first-order chi connectivity index (χ1) is 9.66. The summed E-state index contributed by atoms with van der Waals surface area (Å²) in [4.78, 5) is 13.0. The van der Waals surface area contributed by atoms with Gasteiger partial charge < -0.3 is 11.1 Å². The Balaban J connectivity index is 1.74. The SMILES string of the molecule is Cc1ccsc1CNC(=O)CCC(N)c1ccccc1. The molecule has 1 unspecified atom stereocenters. The number of carbonyl (C=O) groups is 1. The second-order valence-electron chi connectivity index (χ2n) is 4.86. The molecule has 0 aliphatic heterocycles. The number of carbonyl (C=O) groups excluding carboxylic acids is 1. The minimum atomic E-state index is -0.0783. The maximum atomic E-state index is 11.8. The van der Waals surface area contributed by atoms with E-state index in [1.165, 1.54) is 10.4 Å². The molecular formula is C16H20N2OS. The number of nitrogens with one attached hydrogen (secondary N) is 1. The normalized spacial score (nSPS) is 12.1. The summed E-state index contributed by atoms with van der Waals surface area (Å²) in [5.41, 5.74) is 8.39. The maximum Gasteiger partial charge on any atom is 0.220 e. The molecule has 0 bridgehead atoms. The standard InChI is InChI=1S/C16H20N2OS/c1-12-9-10-20-15(12)11-18-16(19)8-7-14(17)13-5-3-2-4-6-13/h2-6,9-10,14H,7-8,11,17H2,1H3,(H,18,19). The predicted molar refractivity (Wildman–Crippen MR) is 83.5 cm³/mol. The summed E-state index contributed by atoms with van der Waals surface area (Å²) in [6, 6.07) is 11.9. The van der Waals surface area contributed by atoms with Crippen molar-refractivity contribution in [3.8, 4) is 0 Å². The fourth-order valence-electron chi connectivity index (χ4n) is 2.01. The number of hydrogen-bond donors (Lipinski definition) is 2. The molecule has 1 aromatic heterocycles. The van der Waals surface area contributed by atoms with Crippen LogP contribution in [0.2, 0.25) is 0 Å². The maximum absolute atomic E-state index is 11.8. The Morgan fingerprint density at radius 3 is 2.70 bits per heavy atom. The van der Waals surface area contributed by atoms with Crippen LogP contribution in [0, 0.1) is 6.92 Å². The summed E-state index contributed by atoms with van der Waals surface area (Å²) in [5, 5.41) is 4.99. The Morgan fingerprint density at radius 2 is 2.05 bits per heavy atom. The average molecular weight is 288 g/mol. The van der Waals surface area contributed by atoms with E-state index >= 15 is 0 Å². The molecule has 3 nitrogen and oxygen atoms in total. The largest absolute Gasteiger partial charge is 0.351 e. The van der Waals surface area contributed by atoms with Gasteiger partial charge in [-0.1, -0.05) is 30.3 Å². The lowest BCUT2D eigenvalue weighted by Crippen LogP contribution is -2.24. The van der Waals surface area contributed by atoms with Gasteiger partial charge in [-0.25, -0.2) is 0 Å². The quantitative estimate of drug-likeness (QED) is 0.858. The zero-order chi connectivity index (χ0) is 14.4. The van der Waals surface area contributed by atoms with Gasteiger partial charge in [-0.2, -0.15) is 0 Å². The van der Waals surface area contributed by atoms with Crippen LogP contribution < -0.4 is 11.1 Å². The molecule has 1 aromatic carbocycles. The highest BCUT2D eigenvalue weighted by Gasteiger charge is 2.09. The van der Waals surface area contributed by atoms with Gasteiger partial charge in [-0.05, 0) is 35.9 Å². The van der Waals surface area contributed by atoms with Gasteiger partial charge in [0, 0.05) is 17.3 Å². The number of nitrogens with two attached hydrogens (primary N) is 1. The minimum Gasteiger partial charge on any atom is -0.351 e. The number of aryl methyl sites for hydroxylation is 1. The zero-order valence-electron chi connectivity index (χ0n) is 11.6. The summed E-state index contributed by atoms with van der Waals surface area (Å²) < 4.78 is 0. The number of amides is 1. The van der Waals surface area contributed by atoms with E-state index in [0.717, 1.165) is 5.56 Å². The van der Waals surface area contributed by atoms with Crippen molar-refractivity contribution in [2.24, 2.45) is 5.73 Å². The third-order valence-corrected chi connectivity index (χ3v) is 4.35. The fraction of sp³-hybridized carbons (Fsp3) is 0.312. The molecule has 0 saturated heterocycles. The van der Waals surface area contributed by atoms with E-state index in [-0.39, 0.29) is 11.9 Å². The second-order valence-corrected chi connectivity index (χ2v) is 5.86. The van der Waals surface area contributed by atoms with Crippen LogP contribution in [-0.4, -0.2) is 5.91 Å². The fourth-order valence-corrected chi connectivity index (χ4v) is 2.85. The van der Waals surface area contributed by atoms with Crippen molar-refractivity contribution >= 4 is 17.2 Å². The molecule has 20 heavy (non-hydrogen) atoms. The molecule has 0 fully saturated rings. The van der Waals surface area contributed by atoms with Crippen molar-refractivity contribution in [2.75, 3.05) is 0 Å². The Labute approximate surface area is 123 Å². The zero-order valence-corrected chi connectivity index (χ0v) is 12.5. The molecule has 1 heterocycles. The topological polar surface area (TPSA) is 55.1 Å². The lowest BCUT2D eigenvalue weighted by molar-refractivity contribution is -0.121. The van der Waals surface area contributed by atoms with Crippen LogP contribution in [0.5, 0.6) is 0 Å². The Morgan fingerprint density at radius 1 is 1.30 bits per heavy atom. The van der Waals surface area contributed by atoms with Crippen molar-refractivity contribution in [1.82, 2.24) is 5.32 Å². The number of thiophene rings is 1. The van der Waals surface area contributed by atoms with Gasteiger partial charge in [0.05, 0.1) is 6.54 Å². The molecular weight excluding hydrogens is 268 g/mol. The lowest BCUT2D eigenvalue weighted by atomic mass is 10.0. The third kappa shape index (κ3) is 4.18. The summed E-state index contributed by atoms with van der Waals surface area (Å²) in [7, 11) is 0. The van der Waals surface area contributed by atoms with Crippen molar-refractivity contribution in [3.63, 3.8) is 0 Å². The molecule has 0 aliphatic rings. The summed E-state index contributed by atoms with van der Waals surface area (Å²) in [6.07, 6.45) is 1.12. The van der Waals surface area contributed by atoms with Crippen molar-refractivity contribution in [1.29, 1.82) is 0 Å². The first-order valence-corrected chi connectivity index (χ1v) is 7.65. The smallest absolute Gasteiger partial charge is 0.220 e. The van der Waals surface area contributed by atoms with E-state index in [4.69, 9.17) is 5.73 Å². The highest BCUT2D eigenvalue weighted by atomic mass is 32.1. The summed E-state index contributed by atoms with van der Waals surface area (Å²) in [6.45, 7) is 2.67. The predicted octanol–water partition coefficient (Wildman–Crippen LogP) is 3.15. The number of hydrogen-bond acceptors (Lipinski definition) is 3. The number of benzene rings is 1. The van der Waals surface area contributed by atoms with E-state index < -0.39 is 0 Å². The summed E-state index contributed by atoms with van der Waals surface area (Å²) >= 11 is 1.67.